The Bertz CT molecular complexity index is 917. The Morgan fingerprint density at radius 1 is 1.38 bits per heavy atom. The Balaban J connectivity index is 1.74. The molecule has 26 heavy (non-hydrogen) atoms. The summed E-state index contributed by atoms with van der Waals surface area (Å²) in [7, 11) is -3.56. The summed E-state index contributed by atoms with van der Waals surface area (Å²) in [5, 5.41) is 16.9. The molecule has 1 aliphatic heterocycles. The molecule has 138 valence electrons. The zero-order valence-corrected chi connectivity index (χ0v) is 15.4. The molecule has 1 saturated heterocycles. The molecule has 1 aromatic heterocycles. The minimum atomic E-state index is -3.56. The van der Waals surface area contributed by atoms with Crippen LogP contribution in [0.15, 0.2) is 28.7 Å². The summed E-state index contributed by atoms with van der Waals surface area (Å²) >= 11 is 0. The smallest absolute Gasteiger partial charge is 0.246 e. The van der Waals surface area contributed by atoms with E-state index in [2.05, 4.69) is 10.2 Å². The van der Waals surface area contributed by atoms with E-state index in [1.165, 1.54) is 4.31 Å². The number of ether oxygens (including phenoxy) is 1. The van der Waals surface area contributed by atoms with Crippen LogP contribution in [0.2, 0.25) is 0 Å². The third kappa shape index (κ3) is 4.09. The monoisotopic (exact) mass is 376 g/mol. The number of morpholine rings is 1. The summed E-state index contributed by atoms with van der Waals surface area (Å²) in [4.78, 5) is 0. The predicted octanol–water partition coefficient (Wildman–Crippen LogP) is 1.97. The van der Waals surface area contributed by atoms with E-state index in [1.807, 2.05) is 19.9 Å². The summed E-state index contributed by atoms with van der Waals surface area (Å²) in [6, 6.07) is 8.62. The largest absolute Gasteiger partial charge is 0.422 e. The second-order valence-electron chi connectivity index (χ2n) is 6.42. The maximum Gasteiger partial charge on any atom is 0.246 e. The van der Waals surface area contributed by atoms with Crippen LogP contribution in [-0.2, 0) is 20.5 Å². The van der Waals surface area contributed by atoms with E-state index in [4.69, 9.17) is 14.4 Å². The third-order valence-corrected chi connectivity index (χ3v) is 5.87. The summed E-state index contributed by atoms with van der Waals surface area (Å²) in [6.45, 7) is 4.51. The zero-order valence-electron chi connectivity index (χ0n) is 14.6. The lowest BCUT2D eigenvalue weighted by Crippen LogP contribution is -2.42. The molecule has 3 rings (SSSR count). The third-order valence-electron chi connectivity index (χ3n) is 4.05. The molecule has 0 saturated carbocycles. The molecule has 2 heterocycles. The van der Waals surface area contributed by atoms with Crippen LogP contribution in [0.1, 0.15) is 48.8 Å². The van der Waals surface area contributed by atoms with Crippen molar-refractivity contribution < 1.29 is 17.6 Å². The standard InChI is InChI=1S/C17H20N4O4S/c1-12(2)16-19-20-17(25-16)15-10-21(6-7-24-15)26(22,23)11-14-5-3-4-13(8-14)9-18/h3-5,8,12,15H,6-7,10-11H2,1-2H3/t15-/m0/s1. The van der Waals surface area contributed by atoms with Gasteiger partial charge in [-0.25, -0.2) is 8.42 Å². The molecular weight excluding hydrogens is 356 g/mol. The fourth-order valence-corrected chi connectivity index (χ4v) is 4.17. The Kier molecular flexibility index (Phi) is 5.36. The van der Waals surface area contributed by atoms with Gasteiger partial charge in [0.25, 0.3) is 0 Å². The SMILES string of the molecule is CC(C)c1nnc([C@@H]2CN(S(=O)(=O)Cc3cccc(C#N)c3)CCO2)o1. The van der Waals surface area contributed by atoms with E-state index in [1.54, 1.807) is 24.3 Å². The van der Waals surface area contributed by atoms with E-state index in [0.29, 0.717) is 22.9 Å². The molecule has 0 unspecified atom stereocenters. The molecule has 0 bridgehead atoms. The fourth-order valence-electron chi connectivity index (χ4n) is 2.67. The molecule has 2 aromatic rings. The first kappa shape index (κ1) is 18.5. The second-order valence-corrected chi connectivity index (χ2v) is 8.39. The maximum absolute atomic E-state index is 12.8. The number of sulfonamides is 1. The van der Waals surface area contributed by atoms with Crippen LogP contribution in [-0.4, -0.2) is 42.6 Å². The van der Waals surface area contributed by atoms with Gasteiger partial charge in [-0.2, -0.15) is 9.57 Å². The average molecular weight is 376 g/mol. The fraction of sp³-hybridized carbons (Fsp3) is 0.471. The van der Waals surface area contributed by atoms with E-state index in [-0.39, 0.29) is 31.4 Å². The molecule has 9 heteroatoms. The molecular formula is C17H20N4O4S. The van der Waals surface area contributed by atoms with Crippen LogP contribution in [0.5, 0.6) is 0 Å². The number of aromatic nitrogens is 2. The van der Waals surface area contributed by atoms with Crippen molar-refractivity contribution in [2.24, 2.45) is 0 Å². The van der Waals surface area contributed by atoms with Crippen molar-refractivity contribution in [2.45, 2.75) is 31.6 Å². The van der Waals surface area contributed by atoms with Crippen molar-refractivity contribution in [3.05, 3.63) is 47.2 Å². The van der Waals surface area contributed by atoms with Crippen molar-refractivity contribution in [1.29, 1.82) is 5.26 Å². The molecule has 0 N–H and O–H groups in total. The van der Waals surface area contributed by atoms with Gasteiger partial charge in [0.1, 0.15) is 6.10 Å². The highest BCUT2D eigenvalue weighted by Crippen LogP contribution is 2.25. The molecule has 1 aromatic carbocycles. The van der Waals surface area contributed by atoms with Gasteiger partial charge in [0, 0.05) is 19.0 Å². The van der Waals surface area contributed by atoms with Crippen LogP contribution in [0.3, 0.4) is 0 Å². The highest BCUT2D eigenvalue weighted by atomic mass is 32.2. The second kappa shape index (κ2) is 7.53. The van der Waals surface area contributed by atoms with Gasteiger partial charge in [-0.05, 0) is 17.7 Å². The zero-order chi connectivity index (χ0) is 18.7. The lowest BCUT2D eigenvalue weighted by molar-refractivity contribution is -0.0179. The molecule has 1 aliphatic rings. The minimum Gasteiger partial charge on any atom is -0.422 e. The van der Waals surface area contributed by atoms with Crippen LogP contribution in [0, 0.1) is 11.3 Å². The summed E-state index contributed by atoms with van der Waals surface area (Å²) in [6.07, 6.45) is -0.580. The molecule has 0 aliphatic carbocycles. The number of hydrogen-bond acceptors (Lipinski definition) is 7. The van der Waals surface area contributed by atoms with Crippen molar-refractivity contribution in [3.63, 3.8) is 0 Å². The summed E-state index contributed by atoms with van der Waals surface area (Å²) < 4.78 is 38.1. The van der Waals surface area contributed by atoms with Gasteiger partial charge < -0.3 is 9.15 Å². The molecule has 1 atom stereocenters. The van der Waals surface area contributed by atoms with Gasteiger partial charge in [0.2, 0.25) is 21.8 Å². The number of rotatable bonds is 5. The Hall–Kier alpha value is -2.28. The first-order valence-electron chi connectivity index (χ1n) is 8.31. The van der Waals surface area contributed by atoms with Crippen LogP contribution >= 0.6 is 0 Å². The molecule has 0 amide bonds. The Morgan fingerprint density at radius 2 is 2.19 bits per heavy atom. The molecule has 0 radical (unpaired) electrons. The number of nitrogens with zero attached hydrogens (tertiary/aromatic N) is 4. The molecule has 1 fully saturated rings. The van der Waals surface area contributed by atoms with E-state index < -0.39 is 16.1 Å². The first-order valence-corrected chi connectivity index (χ1v) is 9.91. The van der Waals surface area contributed by atoms with E-state index in [9.17, 15) is 8.42 Å². The normalized spacial score (nSPS) is 18.8. The minimum absolute atomic E-state index is 0.0899. The van der Waals surface area contributed by atoms with Crippen molar-refractivity contribution in [1.82, 2.24) is 14.5 Å². The van der Waals surface area contributed by atoms with E-state index in [0.717, 1.165) is 0 Å². The highest BCUT2D eigenvalue weighted by molar-refractivity contribution is 7.88. The predicted molar refractivity (Wildman–Crippen MR) is 92.4 cm³/mol. The summed E-state index contributed by atoms with van der Waals surface area (Å²) in [5.74, 6) is 0.708. The average Bonchev–Trinajstić information content (AvgIpc) is 3.12. The van der Waals surface area contributed by atoms with Crippen LogP contribution < -0.4 is 0 Å². The lowest BCUT2D eigenvalue weighted by Gasteiger charge is -2.30. The van der Waals surface area contributed by atoms with Gasteiger partial charge in [0.15, 0.2) is 0 Å². The van der Waals surface area contributed by atoms with Gasteiger partial charge in [-0.3, -0.25) is 0 Å². The number of nitriles is 1. The van der Waals surface area contributed by atoms with Crippen molar-refractivity contribution in [2.75, 3.05) is 19.7 Å². The summed E-state index contributed by atoms with van der Waals surface area (Å²) in [5.41, 5.74) is 1.01. The lowest BCUT2D eigenvalue weighted by atomic mass is 10.2. The first-order chi connectivity index (χ1) is 12.4. The number of hydrogen-bond donors (Lipinski definition) is 0. The van der Waals surface area contributed by atoms with Gasteiger partial charge in [-0.1, -0.05) is 26.0 Å². The van der Waals surface area contributed by atoms with Crippen molar-refractivity contribution in [3.8, 4) is 6.07 Å². The topological polar surface area (TPSA) is 109 Å². The number of benzene rings is 1. The van der Waals surface area contributed by atoms with Crippen LogP contribution in [0.25, 0.3) is 0 Å². The van der Waals surface area contributed by atoms with Crippen LogP contribution in [0.4, 0.5) is 0 Å². The van der Waals surface area contributed by atoms with Gasteiger partial charge in [0.05, 0.1) is 24.0 Å². The van der Waals surface area contributed by atoms with Crippen molar-refractivity contribution >= 4 is 10.0 Å². The quantitative estimate of drug-likeness (QED) is 0.784. The molecule has 8 nitrogen and oxygen atoms in total. The van der Waals surface area contributed by atoms with E-state index >= 15 is 0 Å². The highest BCUT2D eigenvalue weighted by Gasteiger charge is 2.33. The van der Waals surface area contributed by atoms with Gasteiger partial charge in [-0.15, -0.1) is 10.2 Å². The molecule has 0 spiro atoms. The Labute approximate surface area is 152 Å². The van der Waals surface area contributed by atoms with Gasteiger partial charge >= 0.3 is 0 Å². The Morgan fingerprint density at radius 3 is 2.88 bits per heavy atom. The maximum atomic E-state index is 12.8.